The number of benzene rings is 2. The fraction of sp³-hybridized carbons (Fsp3) is 0.278. The summed E-state index contributed by atoms with van der Waals surface area (Å²) in [7, 11) is 1.97. The zero-order valence-electron chi connectivity index (χ0n) is 13.4. The van der Waals surface area contributed by atoms with Crippen LogP contribution in [0.25, 0.3) is 21.3 Å². The molecule has 0 aliphatic rings. The zero-order chi connectivity index (χ0) is 16.9. The van der Waals surface area contributed by atoms with Crippen LogP contribution in [-0.2, 0) is 0 Å². The maximum atomic E-state index is 8.89. The van der Waals surface area contributed by atoms with Crippen molar-refractivity contribution in [3.63, 3.8) is 0 Å². The molecule has 0 amide bonds. The second-order valence-electron chi connectivity index (χ2n) is 5.57. The molecule has 6 heteroatoms. The predicted octanol–water partition coefficient (Wildman–Crippen LogP) is 4.03. The van der Waals surface area contributed by atoms with Crippen LogP contribution < -0.4 is 4.74 Å². The van der Waals surface area contributed by atoms with Crippen molar-refractivity contribution >= 4 is 37.5 Å². The lowest BCUT2D eigenvalue weighted by molar-refractivity contribution is 0.192. The molecule has 3 aromatic rings. The van der Waals surface area contributed by atoms with E-state index in [1.54, 1.807) is 0 Å². The van der Waals surface area contributed by atoms with Gasteiger partial charge in [-0.25, -0.2) is 0 Å². The Labute approximate surface area is 154 Å². The quantitative estimate of drug-likeness (QED) is 0.643. The third-order valence-corrected chi connectivity index (χ3v) is 5.12. The van der Waals surface area contributed by atoms with Gasteiger partial charge in [-0.05, 0) is 48.9 Å². The van der Waals surface area contributed by atoms with E-state index >= 15 is 0 Å². The van der Waals surface area contributed by atoms with Gasteiger partial charge in [-0.1, -0.05) is 28.1 Å². The normalized spacial score (nSPS) is 11.3. The van der Waals surface area contributed by atoms with Gasteiger partial charge in [-0.3, -0.25) is 0 Å². The van der Waals surface area contributed by atoms with Crippen LogP contribution in [0.4, 0.5) is 0 Å². The number of hydrogen-bond donors (Lipinski definition) is 1. The summed E-state index contributed by atoms with van der Waals surface area (Å²) in [6.45, 7) is 2.21. The van der Waals surface area contributed by atoms with Crippen LogP contribution in [0, 0.1) is 0 Å². The van der Waals surface area contributed by atoms with Crippen molar-refractivity contribution in [3.05, 3.63) is 46.9 Å². The van der Waals surface area contributed by atoms with E-state index in [0.717, 1.165) is 38.1 Å². The van der Waals surface area contributed by atoms with Crippen molar-refractivity contribution in [2.45, 2.75) is 0 Å². The number of halogens is 1. The number of aliphatic hydroxyl groups excluding tert-OH is 1. The third-order valence-electron chi connectivity index (χ3n) is 3.78. The molecule has 1 aromatic heterocycles. The van der Waals surface area contributed by atoms with Crippen LogP contribution in [-0.4, -0.2) is 47.7 Å². The molecular formula is C18H19BrN2O2S. The lowest BCUT2D eigenvalue weighted by atomic mass is 10.1. The van der Waals surface area contributed by atoms with E-state index in [0.29, 0.717) is 13.2 Å². The maximum Gasteiger partial charge on any atom is 0.120 e. The molecule has 1 heterocycles. The number of ether oxygens (including phenoxy) is 1. The topological polar surface area (TPSA) is 45.6 Å². The average Bonchev–Trinajstić information content (AvgIpc) is 2.99. The van der Waals surface area contributed by atoms with Gasteiger partial charge in [0.15, 0.2) is 0 Å². The molecule has 0 saturated heterocycles. The van der Waals surface area contributed by atoms with Gasteiger partial charge in [-0.2, -0.15) is 4.37 Å². The minimum absolute atomic E-state index is 0.169. The first kappa shape index (κ1) is 17.4. The second kappa shape index (κ2) is 8.07. The maximum absolute atomic E-state index is 8.89. The van der Waals surface area contributed by atoms with E-state index in [-0.39, 0.29) is 6.61 Å². The summed E-state index contributed by atoms with van der Waals surface area (Å²) >= 11 is 4.95. The number of fused-ring (bicyclic) bond motifs is 1. The smallest absolute Gasteiger partial charge is 0.120 e. The first-order valence-corrected chi connectivity index (χ1v) is 9.31. The minimum atomic E-state index is 0.169. The zero-order valence-corrected chi connectivity index (χ0v) is 15.8. The Balaban J connectivity index is 1.72. The number of hydrogen-bond acceptors (Lipinski definition) is 5. The molecule has 126 valence electrons. The highest BCUT2D eigenvalue weighted by Crippen LogP contribution is 2.33. The number of nitrogens with zero attached hydrogens (tertiary/aromatic N) is 2. The molecule has 0 saturated carbocycles. The molecule has 0 unspecified atom stereocenters. The molecule has 2 aromatic carbocycles. The van der Waals surface area contributed by atoms with Crippen LogP contribution >= 0.6 is 27.5 Å². The van der Waals surface area contributed by atoms with Crippen molar-refractivity contribution < 1.29 is 9.84 Å². The molecule has 0 radical (unpaired) electrons. The highest BCUT2D eigenvalue weighted by molar-refractivity contribution is 9.10. The first-order chi connectivity index (χ1) is 11.7. The third kappa shape index (κ3) is 4.13. The van der Waals surface area contributed by atoms with Crippen molar-refractivity contribution in [2.75, 3.05) is 33.4 Å². The molecule has 3 rings (SSSR count). The Bertz CT molecular complexity index is 804. The van der Waals surface area contributed by atoms with Crippen LogP contribution in [0.5, 0.6) is 5.75 Å². The molecule has 0 bridgehead atoms. The van der Waals surface area contributed by atoms with Crippen LogP contribution in [0.15, 0.2) is 46.9 Å². The fourth-order valence-electron chi connectivity index (χ4n) is 2.43. The Kier molecular flexibility index (Phi) is 5.84. The van der Waals surface area contributed by atoms with Gasteiger partial charge in [-0.15, -0.1) is 0 Å². The summed E-state index contributed by atoms with van der Waals surface area (Å²) in [6.07, 6.45) is 0. The van der Waals surface area contributed by atoms with Gasteiger partial charge in [0, 0.05) is 28.5 Å². The fourth-order valence-corrected chi connectivity index (χ4v) is 3.52. The van der Waals surface area contributed by atoms with Gasteiger partial charge >= 0.3 is 0 Å². The Morgan fingerprint density at radius 1 is 1.17 bits per heavy atom. The molecular weight excluding hydrogens is 388 g/mol. The van der Waals surface area contributed by atoms with Gasteiger partial charge in [0.25, 0.3) is 0 Å². The first-order valence-electron chi connectivity index (χ1n) is 7.75. The highest BCUT2D eigenvalue weighted by atomic mass is 79.9. The van der Waals surface area contributed by atoms with E-state index < -0.39 is 0 Å². The molecule has 0 aliphatic carbocycles. The van der Waals surface area contributed by atoms with Gasteiger partial charge in [0.2, 0.25) is 0 Å². The number of rotatable bonds is 7. The Morgan fingerprint density at radius 3 is 2.71 bits per heavy atom. The molecule has 0 atom stereocenters. The summed E-state index contributed by atoms with van der Waals surface area (Å²) in [5.74, 6) is 0.853. The lowest BCUT2D eigenvalue weighted by Gasteiger charge is -2.15. The van der Waals surface area contributed by atoms with E-state index in [2.05, 4.69) is 38.5 Å². The minimum Gasteiger partial charge on any atom is -0.492 e. The summed E-state index contributed by atoms with van der Waals surface area (Å²) in [5, 5.41) is 10.0. The summed E-state index contributed by atoms with van der Waals surface area (Å²) in [4.78, 5) is 2.04. The Morgan fingerprint density at radius 2 is 1.96 bits per heavy atom. The number of aliphatic hydroxyl groups is 1. The van der Waals surface area contributed by atoms with Gasteiger partial charge in [0.05, 0.1) is 17.0 Å². The van der Waals surface area contributed by atoms with E-state index in [1.165, 1.54) is 11.5 Å². The average molecular weight is 407 g/mol. The van der Waals surface area contributed by atoms with Gasteiger partial charge in [0.1, 0.15) is 12.4 Å². The second-order valence-corrected chi connectivity index (χ2v) is 7.29. The summed E-state index contributed by atoms with van der Waals surface area (Å²) in [5.41, 5.74) is 2.13. The van der Waals surface area contributed by atoms with Crippen LogP contribution in [0.3, 0.4) is 0 Å². The van der Waals surface area contributed by atoms with E-state index in [1.807, 2.05) is 36.2 Å². The number of likely N-dealkylation sites (N-methyl/N-ethyl adjacent to an activating group) is 1. The molecule has 0 fully saturated rings. The van der Waals surface area contributed by atoms with Crippen molar-refractivity contribution in [1.82, 2.24) is 9.27 Å². The summed E-state index contributed by atoms with van der Waals surface area (Å²) in [6, 6.07) is 14.3. The SMILES string of the molecule is CN(CCO)CCOc1ccc2c(-c3ccc(Br)cc3)nsc2c1. The monoisotopic (exact) mass is 406 g/mol. The van der Waals surface area contributed by atoms with Crippen molar-refractivity contribution in [1.29, 1.82) is 0 Å². The summed E-state index contributed by atoms with van der Waals surface area (Å²) < 4.78 is 12.6. The largest absolute Gasteiger partial charge is 0.492 e. The standard InChI is InChI=1S/C18H19BrN2O2S/c1-21(8-10-22)9-11-23-15-6-7-16-17(12-15)24-20-18(16)13-2-4-14(19)5-3-13/h2-7,12,22H,8-11H2,1H3. The molecule has 4 nitrogen and oxygen atoms in total. The molecule has 1 N–H and O–H groups in total. The molecule has 0 spiro atoms. The predicted molar refractivity (Wildman–Crippen MR) is 103 cm³/mol. The van der Waals surface area contributed by atoms with Crippen LogP contribution in [0.1, 0.15) is 0 Å². The van der Waals surface area contributed by atoms with E-state index in [4.69, 9.17) is 9.84 Å². The Hall–Kier alpha value is -1.47. The molecule has 0 aliphatic heterocycles. The van der Waals surface area contributed by atoms with Crippen molar-refractivity contribution in [3.8, 4) is 17.0 Å². The highest BCUT2D eigenvalue weighted by Gasteiger charge is 2.09. The van der Waals surface area contributed by atoms with E-state index in [9.17, 15) is 0 Å². The number of aromatic nitrogens is 1. The van der Waals surface area contributed by atoms with Gasteiger partial charge < -0.3 is 14.7 Å². The van der Waals surface area contributed by atoms with Crippen molar-refractivity contribution in [2.24, 2.45) is 0 Å². The molecule has 24 heavy (non-hydrogen) atoms. The lowest BCUT2D eigenvalue weighted by Crippen LogP contribution is -2.27. The van der Waals surface area contributed by atoms with Crippen LogP contribution in [0.2, 0.25) is 0 Å².